The highest BCUT2D eigenvalue weighted by Gasteiger charge is 2.19. The van der Waals surface area contributed by atoms with Crippen molar-refractivity contribution in [3.8, 4) is 5.75 Å². The summed E-state index contributed by atoms with van der Waals surface area (Å²) in [5.41, 5.74) is 3.79. The van der Waals surface area contributed by atoms with Gasteiger partial charge < -0.3 is 4.74 Å². The molecule has 1 N–H and O–H groups in total. The minimum atomic E-state index is -3.49. The molecule has 0 aliphatic carbocycles. The quantitative estimate of drug-likeness (QED) is 0.700. The Morgan fingerprint density at radius 2 is 1.69 bits per heavy atom. The van der Waals surface area contributed by atoms with Crippen molar-refractivity contribution in [1.29, 1.82) is 0 Å². The van der Waals surface area contributed by atoms with Crippen LogP contribution in [0.3, 0.4) is 0 Å². The molecule has 2 aromatic carbocycles. The Morgan fingerprint density at radius 3 is 2.31 bits per heavy atom. The highest BCUT2D eigenvalue weighted by atomic mass is 32.2. The van der Waals surface area contributed by atoms with Crippen molar-refractivity contribution < 1.29 is 13.2 Å². The van der Waals surface area contributed by atoms with Gasteiger partial charge in [-0.15, -0.1) is 0 Å². The van der Waals surface area contributed by atoms with Gasteiger partial charge in [-0.25, -0.2) is 13.1 Å². The van der Waals surface area contributed by atoms with Gasteiger partial charge in [0.2, 0.25) is 10.0 Å². The molecular formula is C21H29NO3S. The Kier molecular flexibility index (Phi) is 6.84. The first-order valence-corrected chi connectivity index (χ1v) is 10.5. The third-order valence-electron chi connectivity index (χ3n) is 4.08. The van der Waals surface area contributed by atoms with Gasteiger partial charge in [0, 0.05) is 6.54 Å². The molecule has 0 fully saturated rings. The molecule has 2 aromatic rings. The van der Waals surface area contributed by atoms with Crippen molar-refractivity contribution in [1.82, 2.24) is 4.72 Å². The van der Waals surface area contributed by atoms with Gasteiger partial charge in [0.15, 0.2) is 0 Å². The number of rotatable bonds is 8. The molecule has 2 rings (SSSR count). The van der Waals surface area contributed by atoms with E-state index in [0.29, 0.717) is 11.4 Å². The average Bonchev–Trinajstić information content (AvgIpc) is 2.50. The molecule has 0 saturated heterocycles. The summed E-state index contributed by atoms with van der Waals surface area (Å²) in [5, 5.41) is 0. The van der Waals surface area contributed by atoms with Crippen LogP contribution in [0.15, 0.2) is 41.3 Å². The summed E-state index contributed by atoms with van der Waals surface area (Å²) in [7, 11) is -3.49. The van der Waals surface area contributed by atoms with Crippen LogP contribution in [0.25, 0.3) is 0 Å². The molecule has 0 aromatic heterocycles. The van der Waals surface area contributed by atoms with Crippen LogP contribution in [-0.2, 0) is 16.4 Å². The van der Waals surface area contributed by atoms with Crippen LogP contribution in [0.5, 0.6) is 5.75 Å². The Bertz CT molecular complexity index is 834. The predicted octanol–water partition coefficient (Wildman–Crippen LogP) is 4.31. The molecule has 0 saturated carbocycles. The van der Waals surface area contributed by atoms with E-state index in [4.69, 9.17) is 4.74 Å². The Hall–Kier alpha value is -1.85. The molecule has 0 radical (unpaired) electrons. The number of sulfonamides is 1. The molecule has 0 unspecified atom stereocenters. The van der Waals surface area contributed by atoms with E-state index in [1.54, 1.807) is 0 Å². The topological polar surface area (TPSA) is 55.4 Å². The maximum absolute atomic E-state index is 12.6. The molecule has 0 heterocycles. The largest absolute Gasteiger partial charge is 0.491 e. The lowest BCUT2D eigenvalue weighted by Crippen LogP contribution is -2.26. The van der Waals surface area contributed by atoms with Gasteiger partial charge >= 0.3 is 0 Å². The van der Waals surface area contributed by atoms with Gasteiger partial charge in [-0.05, 0) is 76.3 Å². The summed E-state index contributed by atoms with van der Waals surface area (Å²) in [6, 6.07) is 11.8. The predicted molar refractivity (Wildman–Crippen MR) is 106 cm³/mol. The molecule has 0 aliphatic heterocycles. The Balaban J connectivity index is 1.96. The number of ether oxygens (including phenoxy) is 1. The van der Waals surface area contributed by atoms with Crippen LogP contribution >= 0.6 is 0 Å². The first-order valence-electron chi connectivity index (χ1n) is 9.02. The van der Waals surface area contributed by atoms with Crippen LogP contribution in [-0.4, -0.2) is 21.1 Å². The van der Waals surface area contributed by atoms with Crippen molar-refractivity contribution in [2.45, 2.75) is 58.5 Å². The summed E-state index contributed by atoms with van der Waals surface area (Å²) in [6.45, 7) is 10.1. The van der Waals surface area contributed by atoms with E-state index in [9.17, 15) is 8.42 Å². The summed E-state index contributed by atoms with van der Waals surface area (Å²) < 4.78 is 33.7. The zero-order chi connectivity index (χ0) is 19.3. The van der Waals surface area contributed by atoms with Gasteiger partial charge in [0.05, 0.1) is 11.0 Å². The van der Waals surface area contributed by atoms with Gasteiger partial charge in [-0.2, -0.15) is 0 Å². The molecule has 0 aliphatic rings. The van der Waals surface area contributed by atoms with Crippen molar-refractivity contribution in [3.05, 3.63) is 58.7 Å². The van der Waals surface area contributed by atoms with Crippen molar-refractivity contribution in [2.24, 2.45) is 0 Å². The fourth-order valence-corrected chi connectivity index (χ4v) is 4.73. The minimum absolute atomic E-state index is 0.137. The average molecular weight is 376 g/mol. The van der Waals surface area contributed by atoms with E-state index >= 15 is 0 Å². The monoisotopic (exact) mass is 375 g/mol. The third kappa shape index (κ3) is 5.58. The zero-order valence-corrected chi connectivity index (χ0v) is 17.1. The van der Waals surface area contributed by atoms with E-state index in [1.807, 2.05) is 71.0 Å². The summed E-state index contributed by atoms with van der Waals surface area (Å²) in [5.74, 6) is 0.851. The van der Waals surface area contributed by atoms with E-state index in [-0.39, 0.29) is 6.10 Å². The smallest absolute Gasteiger partial charge is 0.241 e. The lowest BCUT2D eigenvalue weighted by molar-refractivity contribution is 0.242. The normalized spacial score (nSPS) is 11.8. The Morgan fingerprint density at radius 1 is 1.04 bits per heavy atom. The van der Waals surface area contributed by atoms with E-state index in [0.717, 1.165) is 40.8 Å². The van der Waals surface area contributed by atoms with Crippen LogP contribution in [0.1, 0.15) is 42.5 Å². The summed E-state index contributed by atoms with van der Waals surface area (Å²) >= 11 is 0. The number of benzene rings is 2. The second kappa shape index (κ2) is 8.69. The number of aryl methyl sites for hydroxylation is 4. The molecule has 0 spiro atoms. The van der Waals surface area contributed by atoms with E-state index in [1.165, 1.54) is 0 Å². The van der Waals surface area contributed by atoms with Crippen molar-refractivity contribution >= 4 is 10.0 Å². The van der Waals surface area contributed by atoms with Gasteiger partial charge in [0.1, 0.15) is 5.75 Å². The third-order valence-corrected chi connectivity index (χ3v) is 5.84. The molecule has 4 nitrogen and oxygen atoms in total. The summed E-state index contributed by atoms with van der Waals surface area (Å²) in [4.78, 5) is 0.399. The molecular weight excluding hydrogens is 346 g/mol. The Labute approximate surface area is 157 Å². The van der Waals surface area contributed by atoms with Crippen LogP contribution in [0, 0.1) is 20.8 Å². The SMILES string of the molecule is Cc1cc(C)c(S(=O)(=O)NCCCc2cccc(OC(C)C)c2)c(C)c1. The molecule has 5 heteroatoms. The van der Waals surface area contributed by atoms with Crippen molar-refractivity contribution in [3.63, 3.8) is 0 Å². The van der Waals surface area contributed by atoms with Gasteiger partial charge in [0.25, 0.3) is 0 Å². The van der Waals surface area contributed by atoms with Gasteiger partial charge in [-0.1, -0.05) is 29.8 Å². The van der Waals surface area contributed by atoms with Crippen LogP contribution < -0.4 is 9.46 Å². The number of hydrogen-bond acceptors (Lipinski definition) is 3. The zero-order valence-electron chi connectivity index (χ0n) is 16.3. The highest BCUT2D eigenvalue weighted by molar-refractivity contribution is 7.89. The maximum Gasteiger partial charge on any atom is 0.241 e. The molecule has 0 amide bonds. The summed E-state index contributed by atoms with van der Waals surface area (Å²) in [6.07, 6.45) is 1.66. The lowest BCUT2D eigenvalue weighted by Gasteiger charge is -2.13. The fourth-order valence-electron chi connectivity index (χ4n) is 3.21. The molecule has 142 valence electrons. The van der Waals surface area contributed by atoms with E-state index < -0.39 is 10.0 Å². The second-order valence-corrected chi connectivity index (χ2v) is 8.75. The van der Waals surface area contributed by atoms with Crippen LogP contribution in [0.2, 0.25) is 0 Å². The number of hydrogen-bond donors (Lipinski definition) is 1. The molecule has 0 atom stereocenters. The first-order chi connectivity index (χ1) is 12.2. The fraction of sp³-hybridized carbons (Fsp3) is 0.429. The van der Waals surface area contributed by atoms with Crippen molar-refractivity contribution in [2.75, 3.05) is 6.54 Å². The first kappa shape index (κ1) is 20.5. The minimum Gasteiger partial charge on any atom is -0.491 e. The molecule has 0 bridgehead atoms. The highest BCUT2D eigenvalue weighted by Crippen LogP contribution is 2.21. The molecule has 26 heavy (non-hydrogen) atoms. The standard InChI is InChI=1S/C21H29NO3S/c1-15(2)25-20-10-6-8-19(14-20)9-7-11-22-26(23,24)21-17(4)12-16(3)13-18(21)5/h6,8,10,12-15,22H,7,9,11H2,1-5H3. The van der Waals surface area contributed by atoms with Gasteiger partial charge in [-0.3, -0.25) is 0 Å². The second-order valence-electron chi connectivity index (χ2n) is 7.04. The number of nitrogens with one attached hydrogen (secondary N) is 1. The lowest BCUT2D eigenvalue weighted by atomic mass is 10.1. The van der Waals surface area contributed by atoms with E-state index in [2.05, 4.69) is 4.72 Å². The maximum atomic E-state index is 12.6. The van der Waals surface area contributed by atoms with Crippen LogP contribution in [0.4, 0.5) is 0 Å².